The number of methoxy groups -OCH3 is 1. The van der Waals surface area contributed by atoms with Gasteiger partial charge in [-0.2, -0.15) is 4.31 Å². The SMILES string of the molecule is COc1ccc(C(=O)NC[C@@H](c2cccs2)N(C)C)cc1S(=O)(=O)N1CCCC1. The van der Waals surface area contributed by atoms with Gasteiger partial charge in [-0.05, 0) is 56.6 Å². The van der Waals surface area contributed by atoms with Gasteiger partial charge in [-0.15, -0.1) is 11.3 Å². The monoisotopic (exact) mass is 437 g/mol. The molecular formula is C20H27N3O4S2. The second-order valence-electron chi connectivity index (χ2n) is 7.18. The third-order valence-electron chi connectivity index (χ3n) is 5.06. The number of sulfonamides is 1. The van der Waals surface area contributed by atoms with Crippen LogP contribution in [0.2, 0.25) is 0 Å². The Kier molecular flexibility index (Phi) is 6.94. The van der Waals surface area contributed by atoms with Crippen LogP contribution in [0.5, 0.6) is 5.75 Å². The number of thiophene rings is 1. The maximum Gasteiger partial charge on any atom is 0.251 e. The quantitative estimate of drug-likeness (QED) is 0.687. The van der Waals surface area contributed by atoms with Crippen LogP contribution in [-0.2, 0) is 10.0 Å². The Balaban J connectivity index is 1.80. The van der Waals surface area contributed by atoms with Gasteiger partial charge >= 0.3 is 0 Å². The van der Waals surface area contributed by atoms with E-state index in [0.717, 1.165) is 17.7 Å². The Morgan fingerprint density at radius 2 is 2.00 bits per heavy atom. The molecule has 1 aliphatic rings. The summed E-state index contributed by atoms with van der Waals surface area (Å²) in [5.41, 5.74) is 0.298. The van der Waals surface area contributed by atoms with Crippen molar-refractivity contribution in [2.45, 2.75) is 23.8 Å². The molecule has 2 heterocycles. The summed E-state index contributed by atoms with van der Waals surface area (Å²) in [5.74, 6) is -0.0628. The van der Waals surface area contributed by atoms with E-state index in [9.17, 15) is 13.2 Å². The smallest absolute Gasteiger partial charge is 0.251 e. The molecule has 1 aromatic carbocycles. The maximum atomic E-state index is 13.0. The average molecular weight is 438 g/mol. The lowest BCUT2D eigenvalue weighted by Gasteiger charge is -2.23. The molecule has 158 valence electrons. The maximum absolute atomic E-state index is 13.0. The number of nitrogens with one attached hydrogen (secondary N) is 1. The lowest BCUT2D eigenvalue weighted by Crippen LogP contribution is -2.34. The number of likely N-dealkylation sites (N-methyl/N-ethyl adjacent to an activating group) is 1. The molecule has 1 amide bonds. The minimum atomic E-state index is -3.70. The van der Waals surface area contributed by atoms with E-state index in [4.69, 9.17) is 4.74 Å². The van der Waals surface area contributed by atoms with Crippen molar-refractivity contribution >= 4 is 27.3 Å². The van der Waals surface area contributed by atoms with Crippen LogP contribution in [0.3, 0.4) is 0 Å². The molecule has 3 rings (SSSR count). The van der Waals surface area contributed by atoms with E-state index in [2.05, 4.69) is 5.32 Å². The number of ether oxygens (including phenoxy) is 1. The summed E-state index contributed by atoms with van der Waals surface area (Å²) in [6.07, 6.45) is 1.69. The van der Waals surface area contributed by atoms with Crippen molar-refractivity contribution in [3.8, 4) is 5.75 Å². The molecule has 0 spiro atoms. The van der Waals surface area contributed by atoms with Gasteiger partial charge in [-0.1, -0.05) is 6.07 Å². The normalized spacial score (nSPS) is 16.1. The number of carbonyl (C=O) groups is 1. The van der Waals surface area contributed by atoms with E-state index in [1.807, 2.05) is 36.5 Å². The van der Waals surface area contributed by atoms with Crippen molar-refractivity contribution in [3.63, 3.8) is 0 Å². The molecule has 0 aliphatic carbocycles. The molecule has 29 heavy (non-hydrogen) atoms. The third kappa shape index (κ3) is 4.80. The van der Waals surface area contributed by atoms with E-state index in [1.54, 1.807) is 23.5 Å². The second-order valence-corrected chi connectivity index (χ2v) is 10.1. The first-order valence-corrected chi connectivity index (χ1v) is 11.8. The molecule has 1 atom stereocenters. The Bertz CT molecular complexity index is 937. The van der Waals surface area contributed by atoms with Crippen molar-refractivity contribution in [1.82, 2.24) is 14.5 Å². The highest BCUT2D eigenvalue weighted by Crippen LogP contribution is 2.30. The Morgan fingerprint density at radius 1 is 1.28 bits per heavy atom. The molecule has 0 bridgehead atoms. The zero-order valence-electron chi connectivity index (χ0n) is 16.9. The van der Waals surface area contributed by atoms with Gasteiger partial charge in [0.25, 0.3) is 5.91 Å². The van der Waals surface area contributed by atoms with Crippen LogP contribution >= 0.6 is 11.3 Å². The van der Waals surface area contributed by atoms with Crippen molar-refractivity contribution < 1.29 is 17.9 Å². The molecule has 0 radical (unpaired) electrons. The topological polar surface area (TPSA) is 79.0 Å². The number of rotatable bonds is 8. The van der Waals surface area contributed by atoms with E-state index >= 15 is 0 Å². The molecule has 1 saturated heterocycles. The largest absolute Gasteiger partial charge is 0.495 e. The average Bonchev–Trinajstić information content (AvgIpc) is 3.41. The van der Waals surface area contributed by atoms with Gasteiger partial charge in [-0.25, -0.2) is 8.42 Å². The molecule has 1 aromatic heterocycles. The summed E-state index contributed by atoms with van der Waals surface area (Å²) in [5, 5.41) is 4.94. The Morgan fingerprint density at radius 3 is 2.59 bits per heavy atom. The molecule has 2 aromatic rings. The summed E-state index contributed by atoms with van der Waals surface area (Å²) in [6, 6.07) is 8.61. The molecule has 0 saturated carbocycles. The summed E-state index contributed by atoms with van der Waals surface area (Å²) < 4.78 is 32.7. The summed E-state index contributed by atoms with van der Waals surface area (Å²) in [4.78, 5) is 16.0. The van der Waals surface area contributed by atoms with Crippen LogP contribution in [-0.4, -0.2) is 64.4 Å². The Hall–Kier alpha value is -1.94. The van der Waals surface area contributed by atoms with Crippen molar-refractivity contribution in [2.75, 3.05) is 40.8 Å². The van der Waals surface area contributed by atoms with Crippen molar-refractivity contribution in [1.29, 1.82) is 0 Å². The first-order valence-electron chi connectivity index (χ1n) is 9.51. The van der Waals surface area contributed by atoms with Gasteiger partial charge in [0.1, 0.15) is 10.6 Å². The number of nitrogens with zero attached hydrogens (tertiary/aromatic N) is 2. The van der Waals surface area contributed by atoms with Crippen LogP contribution in [0, 0.1) is 0 Å². The molecule has 7 nitrogen and oxygen atoms in total. The van der Waals surface area contributed by atoms with Gasteiger partial charge in [-0.3, -0.25) is 4.79 Å². The Labute approximate surface area is 176 Å². The zero-order valence-corrected chi connectivity index (χ0v) is 18.6. The van der Waals surface area contributed by atoms with Crippen LogP contribution in [0.1, 0.15) is 34.1 Å². The zero-order chi connectivity index (χ0) is 21.0. The molecule has 1 fully saturated rings. The fraction of sp³-hybridized carbons (Fsp3) is 0.450. The van der Waals surface area contributed by atoms with Gasteiger partial charge in [0.05, 0.1) is 13.2 Å². The standard InChI is InChI=1S/C20H27N3O4S2/c1-22(2)16(18-7-6-12-28-18)14-21-20(24)15-8-9-17(27-3)19(13-15)29(25,26)23-10-4-5-11-23/h6-9,12-13,16H,4-5,10-11,14H2,1-3H3,(H,21,24)/t16-/m0/s1. The van der Waals surface area contributed by atoms with Gasteiger partial charge < -0.3 is 15.0 Å². The number of hydrogen-bond donors (Lipinski definition) is 1. The fourth-order valence-corrected chi connectivity index (χ4v) is 6.02. The lowest BCUT2D eigenvalue weighted by atomic mass is 10.2. The summed E-state index contributed by atoms with van der Waals surface area (Å²) >= 11 is 1.64. The van der Waals surface area contributed by atoms with E-state index in [1.165, 1.54) is 17.5 Å². The molecule has 1 aliphatic heterocycles. The van der Waals surface area contributed by atoms with Crippen molar-refractivity contribution in [2.24, 2.45) is 0 Å². The molecular weight excluding hydrogens is 410 g/mol. The first kappa shape index (κ1) is 21.8. The van der Waals surface area contributed by atoms with E-state index in [-0.39, 0.29) is 22.6 Å². The highest BCUT2D eigenvalue weighted by molar-refractivity contribution is 7.89. The predicted molar refractivity (Wildman–Crippen MR) is 114 cm³/mol. The van der Waals surface area contributed by atoms with Crippen LogP contribution in [0.4, 0.5) is 0 Å². The third-order valence-corrected chi connectivity index (χ3v) is 7.95. The van der Waals surface area contributed by atoms with Gasteiger partial charge in [0.2, 0.25) is 10.0 Å². The molecule has 0 unspecified atom stereocenters. The van der Waals surface area contributed by atoms with Gasteiger partial charge in [0.15, 0.2) is 0 Å². The minimum absolute atomic E-state index is 0.0389. The minimum Gasteiger partial charge on any atom is -0.495 e. The first-order chi connectivity index (χ1) is 13.8. The summed E-state index contributed by atoms with van der Waals surface area (Å²) in [6.45, 7) is 1.41. The number of hydrogen-bond acceptors (Lipinski definition) is 6. The van der Waals surface area contributed by atoms with Crippen LogP contribution in [0.15, 0.2) is 40.6 Å². The highest BCUT2D eigenvalue weighted by Gasteiger charge is 2.30. The van der Waals surface area contributed by atoms with E-state index < -0.39 is 10.0 Å². The van der Waals surface area contributed by atoms with Crippen LogP contribution < -0.4 is 10.1 Å². The predicted octanol–water partition coefficient (Wildman–Crippen LogP) is 2.57. The lowest BCUT2D eigenvalue weighted by molar-refractivity contribution is 0.0942. The van der Waals surface area contributed by atoms with Gasteiger partial charge in [0, 0.05) is 30.1 Å². The fourth-order valence-electron chi connectivity index (χ4n) is 3.40. The number of carbonyl (C=O) groups excluding carboxylic acids is 1. The number of benzene rings is 1. The second kappa shape index (κ2) is 9.25. The highest BCUT2D eigenvalue weighted by atomic mass is 32.2. The van der Waals surface area contributed by atoms with Crippen molar-refractivity contribution in [3.05, 3.63) is 46.2 Å². The molecule has 9 heteroatoms. The summed E-state index contributed by atoms with van der Waals surface area (Å²) in [7, 11) is 1.66. The van der Waals surface area contributed by atoms with E-state index in [0.29, 0.717) is 25.2 Å². The molecule has 1 N–H and O–H groups in total. The number of amides is 1. The van der Waals surface area contributed by atoms with Crippen LogP contribution in [0.25, 0.3) is 0 Å².